The van der Waals surface area contributed by atoms with Gasteiger partial charge in [0.15, 0.2) is 5.82 Å². The third-order valence-corrected chi connectivity index (χ3v) is 2.94. The first-order valence-electron chi connectivity index (χ1n) is 5.04. The van der Waals surface area contributed by atoms with E-state index in [2.05, 4.69) is 9.97 Å². The third-order valence-electron chi connectivity index (χ3n) is 2.94. The van der Waals surface area contributed by atoms with E-state index >= 15 is 0 Å². The average Bonchev–Trinajstić information content (AvgIpc) is 2.92. The molecule has 3 rings (SSSR count). The highest BCUT2D eigenvalue weighted by molar-refractivity contribution is 5.78. The summed E-state index contributed by atoms with van der Waals surface area (Å²) in [5.41, 5.74) is 0.902. The molecule has 0 radical (unpaired) electrons. The summed E-state index contributed by atoms with van der Waals surface area (Å²) in [6.45, 7) is 0. The Balaban J connectivity index is 2.01. The van der Waals surface area contributed by atoms with Crippen LogP contribution in [0.5, 0.6) is 0 Å². The molecule has 1 aliphatic carbocycles. The van der Waals surface area contributed by atoms with Gasteiger partial charge in [-0.1, -0.05) is 6.07 Å². The number of benzene rings is 1. The summed E-state index contributed by atoms with van der Waals surface area (Å²) in [6, 6.07) is 4.67. The van der Waals surface area contributed by atoms with E-state index in [1.54, 1.807) is 12.1 Å². The topological polar surface area (TPSA) is 66.0 Å². The Kier molecular flexibility index (Phi) is 1.77. The fourth-order valence-corrected chi connectivity index (χ4v) is 1.96. The van der Waals surface area contributed by atoms with Crippen LogP contribution in [0.2, 0.25) is 0 Å². The summed E-state index contributed by atoms with van der Waals surface area (Å²) in [5.74, 6) is -1.08. The van der Waals surface area contributed by atoms with Gasteiger partial charge < -0.3 is 10.1 Å². The number of halogens is 1. The molecule has 0 spiro atoms. The number of hydrogen-bond acceptors (Lipinski definition) is 2. The van der Waals surface area contributed by atoms with Crippen LogP contribution < -0.4 is 0 Å². The standard InChI is InChI=1S/C11H9FN2O2/c12-7-2-1-3-8-9(7)14-10(13-8)5-4-6(5)11(15)16/h1-3,5-6H,4H2,(H,13,14)(H,15,16). The maximum Gasteiger partial charge on any atom is 0.307 e. The molecule has 1 saturated carbocycles. The number of carboxylic acids is 1. The lowest BCUT2D eigenvalue weighted by Crippen LogP contribution is -1.99. The summed E-state index contributed by atoms with van der Waals surface area (Å²) >= 11 is 0. The van der Waals surface area contributed by atoms with E-state index < -0.39 is 5.97 Å². The predicted molar refractivity (Wildman–Crippen MR) is 54.5 cm³/mol. The van der Waals surface area contributed by atoms with Gasteiger partial charge in [0.1, 0.15) is 11.3 Å². The van der Waals surface area contributed by atoms with Crippen molar-refractivity contribution in [1.82, 2.24) is 9.97 Å². The number of carbonyl (C=O) groups is 1. The lowest BCUT2D eigenvalue weighted by Gasteiger charge is -1.89. The number of fused-ring (bicyclic) bond motifs is 1. The predicted octanol–water partition coefficient (Wildman–Crippen LogP) is 1.89. The number of nitrogens with zero attached hydrogens (tertiary/aromatic N) is 1. The molecule has 0 bridgehead atoms. The fraction of sp³-hybridized carbons (Fsp3) is 0.273. The van der Waals surface area contributed by atoms with Crippen LogP contribution in [0.1, 0.15) is 18.2 Å². The smallest absolute Gasteiger partial charge is 0.307 e. The van der Waals surface area contributed by atoms with Crippen LogP contribution in [-0.4, -0.2) is 21.0 Å². The molecule has 16 heavy (non-hydrogen) atoms. The van der Waals surface area contributed by atoms with Crippen molar-refractivity contribution in [2.45, 2.75) is 12.3 Å². The summed E-state index contributed by atoms with van der Waals surface area (Å²) < 4.78 is 13.3. The van der Waals surface area contributed by atoms with E-state index in [4.69, 9.17) is 5.11 Å². The minimum absolute atomic E-state index is 0.0932. The molecule has 2 atom stereocenters. The number of carboxylic acid groups (broad SMARTS) is 1. The molecule has 0 aliphatic heterocycles. The van der Waals surface area contributed by atoms with Gasteiger partial charge in [0.05, 0.1) is 11.4 Å². The van der Waals surface area contributed by atoms with Crippen molar-refractivity contribution in [2.75, 3.05) is 0 Å². The van der Waals surface area contributed by atoms with Crippen molar-refractivity contribution in [3.05, 3.63) is 29.8 Å². The number of H-pyrrole nitrogens is 1. The Morgan fingerprint density at radius 3 is 3.00 bits per heavy atom. The monoisotopic (exact) mass is 220 g/mol. The molecule has 82 valence electrons. The zero-order chi connectivity index (χ0) is 11.3. The molecule has 0 amide bonds. The second-order valence-corrected chi connectivity index (χ2v) is 4.04. The number of aliphatic carboxylic acids is 1. The van der Waals surface area contributed by atoms with Crippen molar-refractivity contribution in [3.63, 3.8) is 0 Å². The van der Waals surface area contributed by atoms with Gasteiger partial charge >= 0.3 is 5.97 Å². The normalized spacial score (nSPS) is 23.6. The summed E-state index contributed by atoms with van der Waals surface area (Å²) in [7, 11) is 0. The van der Waals surface area contributed by atoms with E-state index in [0.717, 1.165) is 0 Å². The largest absolute Gasteiger partial charge is 0.481 e. The van der Waals surface area contributed by atoms with E-state index in [0.29, 0.717) is 17.8 Å². The Labute approximate surface area is 90.1 Å². The molecule has 4 nitrogen and oxygen atoms in total. The van der Waals surface area contributed by atoms with Crippen LogP contribution in [0, 0.1) is 11.7 Å². The van der Waals surface area contributed by atoms with Crippen molar-refractivity contribution < 1.29 is 14.3 Å². The number of rotatable bonds is 2. The van der Waals surface area contributed by atoms with Gasteiger partial charge in [-0.3, -0.25) is 4.79 Å². The molecule has 0 saturated heterocycles. The second kappa shape index (κ2) is 3.04. The van der Waals surface area contributed by atoms with Crippen molar-refractivity contribution >= 4 is 17.0 Å². The van der Waals surface area contributed by atoms with Gasteiger partial charge in [0, 0.05) is 5.92 Å². The molecule has 2 unspecified atom stereocenters. The zero-order valence-corrected chi connectivity index (χ0v) is 8.27. The van der Waals surface area contributed by atoms with E-state index in [1.165, 1.54) is 6.07 Å². The summed E-state index contributed by atoms with van der Waals surface area (Å²) in [5, 5.41) is 8.80. The van der Waals surface area contributed by atoms with Crippen LogP contribution in [0.4, 0.5) is 4.39 Å². The third kappa shape index (κ3) is 1.28. The highest BCUT2D eigenvalue weighted by atomic mass is 19.1. The average molecular weight is 220 g/mol. The Morgan fingerprint density at radius 1 is 1.56 bits per heavy atom. The molecule has 2 N–H and O–H groups in total. The Hall–Kier alpha value is -1.91. The quantitative estimate of drug-likeness (QED) is 0.812. The molecule has 1 aromatic heterocycles. The SMILES string of the molecule is O=C(O)C1CC1c1nc2c(F)cccc2[nH]1. The highest BCUT2D eigenvalue weighted by Gasteiger charge is 2.46. The van der Waals surface area contributed by atoms with E-state index in [1.807, 2.05) is 0 Å². The number of aromatic amines is 1. The number of nitrogens with one attached hydrogen (secondary N) is 1. The lowest BCUT2D eigenvalue weighted by molar-refractivity contribution is -0.138. The highest BCUT2D eigenvalue weighted by Crippen LogP contribution is 2.46. The van der Waals surface area contributed by atoms with Gasteiger partial charge in [0.2, 0.25) is 0 Å². The van der Waals surface area contributed by atoms with E-state index in [9.17, 15) is 9.18 Å². The fourth-order valence-electron chi connectivity index (χ4n) is 1.96. The lowest BCUT2D eigenvalue weighted by atomic mass is 10.3. The number of para-hydroxylation sites is 1. The molecular formula is C11H9FN2O2. The van der Waals surface area contributed by atoms with Crippen LogP contribution >= 0.6 is 0 Å². The molecule has 2 aromatic rings. The number of imidazole rings is 1. The van der Waals surface area contributed by atoms with Gasteiger partial charge in [0.25, 0.3) is 0 Å². The van der Waals surface area contributed by atoms with Crippen molar-refractivity contribution in [2.24, 2.45) is 5.92 Å². The van der Waals surface area contributed by atoms with Crippen molar-refractivity contribution in [3.8, 4) is 0 Å². The van der Waals surface area contributed by atoms with E-state index in [-0.39, 0.29) is 23.2 Å². The maximum absolute atomic E-state index is 13.3. The molecule has 1 aliphatic rings. The maximum atomic E-state index is 13.3. The van der Waals surface area contributed by atoms with Crippen LogP contribution in [0.3, 0.4) is 0 Å². The molecule has 1 aromatic carbocycles. The summed E-state index contributed by atoms with van der Waals surface area (Å²) in [4.78, 5) is 17.8. The van der Waals surface area contributed by atoms with Gasteiger partial charge in [-0.15, -0.1) is 0 Å². The van der Waals surface area contributed by atoms with Gasteiger partial charge in [-0.05, 0) is 18.6 Å². The number of aromatic nitrogens is 2. The molecule has 1 fully saturated rings. The first-order valence-corrected chi connectivity index (χ1v) is 5.04. The van der Waals surface area contributed by atoms with Gasteiger partial charge in [-0.25, -0.2) is 9.37 Å². The zero-order valence-electron chi connectivity index (χ0n) is 8.27. The minimum atomic E-state index is -0.814. The first kappa shape index (κ1) is 9.33. The van der Waals surface area contributed by atoms with Crippen molar-refractivity contribution in [1.29, 1.82) is 0 Å². The molecule has 1 heterocycles. The van der Waals surface area contributed by atoms with Crippen LogP contribution in [-0.2, 0) is 4.79 Å². The Morgan fingerprint density at radius 2 is 2.38 bits per heavy atom. The second-order valence-electron chi connectivity index (χ2n) is 4.04. The molecular weight excluding hydrogens is 211 g/mol. The minimum Gasteiger partial charge on any atom is -0.481 e. The molecule has 5 heteroatoms. The van der Waals surface area contributed by atoms with Crippen LogP contribution in [0.15, 0.2) is 18.2 Å². The number of hydrogen-bond donors (Lipinski definition) is 2. The summed E-state index contributed by atoms with van der Waals surface area (Å²) in [6.07, 6.45) is 0.580. The first-order chi connectivity index (χ1) is 7.66. The van der Waals surface area contributed by atoms with Gasteiger partial charge in [-0.2, -0.15) is 0 Å². The van der Waals surface area contributed by atoms with Crippen LogP contribution in [0.25, 0.3) is 11.0 Å². The Bertz CT molecular complexity index is 578.